The maximum atomic E-state index is 3.54. The van der Waals surface area contributed by atoms with E-state index in [0.717, 1.165) is 13.1 Å². The van der Waals surface area contributed by atoms with Crippen LogP contribution in [0.5, 0.6) is 0 Å². The molecule has 2 N–H and O–H groups in total. The first-order chi connectivity index (χ1) is 8.21. The first kappa shape index (κ1) is 17.9. The molecular weight excluding hydrogens is 220 g/mol. The van der Waals surface area contributed by atoms with Gasteiger partial charge in [0.2, 0.25) is 0 Å². The van der Waals surface area contributed by atoms with E-state index in [1.54, 1.807) is 0 Å². The van der Waals surface area contributed by atoms with Gasteiger partial charge in [-0.1, -0.05) is 25.7 Å². The van der Waals surface area contributed by atoms with Crippen molar-refractivity contribution in [1.29, 1.82) is 0 Å². The molecule has 2 heteroatoms. The van der Waals surface area contributed by atoms with Crippen molar-refractivity contribution < 1.29 is 0 Å². The second-order valence-electron chi connectivity index (χ2n) is 7.47. The Kier molecular flexibility index (Phi) is 8.89. The molecule has 0 heterocycles. The molecule has 2 nitrogen and oxygen atoms in total. The largest absolute Gasteiger partial charge is 0.312 e. The first-order valence-corrected chi connectivity index (χ1v) is 7.71. The lowest BCUT2D eigenvalue weighted by atomic mass is 10.1. The van der Waals surface area contributed by atoms with E-state index in [1.807, 2.05) is 0 Å². The Labute approximate surface area is 115 Å². The van der Waals surface area contributed by atoms with Crippen LogP contribution in [-0.2, 0) is 0 Å². The Balaban J connectivity index is 3.13. The van der Waals surface area contributed by atoms with Gasteiger partial charge in [0.1, 0.15) is 0 Å². The zero-order valence-electron chi connectivity index (χ0n) is 13.7. The van der Waals surface area contributed by atoms with Gasteiger partial charge in [0, 0.05) is 11.1 Å². The van der Waals surface area contributed by atoms with Crippen LogP contribution in [0.3, 0.4) is 0 Å². The van der Waals surface area contributed by atoms with Crippen LogP contribution in [0.15, 0.2) is 0 Å². The first-order valence-electron chi connectivity index (χ1n) is 7.71. The Morgan fingerprint density at radius 3 is 1.06 bits per heavy atom. The molecule has 0 spiro atoms. The summed E-state index contributed by atoms with van der Waals surface area (Å²) in [4.78, 5) is 0. The molecule has 0 aromatic rings. The topological polar surface area (TPSA) is 24.1 Å². The summed E-state index contributed by atoms with van der Waals surface area (Å²) in [7, 11) is 0. The summed E-state index contributed by atoms with van der Waals surface area (Å²) in [5, 5.41) is 7.08. The van der Waals surface area contributed by atoms with E-state index in [4.69, 9.17) is 0 Å². The van der Waals surface area contributed by atoms with E-state index >= 15 is 0 Å². The quantitative estimate of drug-likeness (QED) is 0.607. The number of hydrogen-bond donors (Lipinski definition) is 2. The zero-order valence-corrected chi connectivity index (χ0v) is 13.7. The Morgan fingerprint density at radius 2 is 0.778 bits per heavy atom. The summed E-state index contributed by atoms with van der Waals surface area (Å²) in [6.07, 6.45) is 8.16. The molecular formula is C16H36N2. The smallest absolute Gasteiger partial charge is 0.00965 e. The van der Waals surface area contributed by atoms with E-state index in [2.05, 4.69) is 52.2 Å². The van der Waals surface area contributed by atoms with Gasteiger partial charge in [0.05, 0.1) is 0 Å². The van der Waals surface area contributed by atoms with Crippen LogP contribution >= 0.6 is 0 Å². The van der Waals surface area contributed by atoms with Crippen LogP contribution in [0.25, 0.3) is 0 Å². The Bertz CT molecular complexity index is 164. The second kappa shape index (κ2) is 8.92. The molecule has 0 saturated heterocycles. The third kappa shape index (κ3) is 15.9. The lowest BCUT2D eigenvalue weighted by Crippen LogP contribution is -2.36. The number of nitrogens with one attached hydrogen (secondary N) is 2. The maximum Gasteiger partial charge on any atom is 0.00965 e. The fourth-order valence-corrected chi connectivity index (χ4v) is 1.88. The van der Waals surface area contributed by atoms with E-state index in [9.17, 15) is 0 Å². The van der Waals surface area contributed by atoms with Crippen molar-refractivity contribution in [3.05, 3.63) is 0 Å². The maximum absolute atomic E-state index is 3.54. The van der Waals surface area contributed by atoms with Gasteiger partial charge in [-0.05, 0) is 67.5 Å². The normalized spacial score (nSPS) is 13.0. The van der Waals surface area contributed by atoms with Crippen LogP contribution in [0.2, 0.25) is 0 Å². The average molecular weight is 256 g/mol. The summed E-state index contributed by atoms with van der Waals surface area (Å²) in [6, 6.07) is 0. The molecule has 0 amide bonds. The molecule has 0 aliphatic carbocycles. The lowest BCUT2D eigenvalue weighted by molar-refractivity contribution is 0.408. The molecule has 18 heavy (non-hydrogen) atoms. The van der Waals surface area contributed by atoms with Crippen molar-refractivity contribution >= 4 is 0 Å². The molecule has 0 aliphatic rings. The van der Waals surface area contributed by atoms with Gasteiger partial charge >= 0.3 is 0 Å². The highest BCUT2D eigenvalue weighted by molar-refractivity contribution is 4.70. The average Bonchev–Trinajstić information content (AvgIpc) is 2.17. The fourth-order valence-electron chi connectivity index (χ4n) is 1.88. The summed E-state index contributed by atoms with van der Waals surface area (Å²) in [5.41, 5.74) is 0.553. The van der Waals surface area contributed by atoms with Gasteiger partial charge in [-0.25, -0.2) is 0 Å². The van der Waals surface area contributed by atoms with Gasteiger partial charge in [0.25, 0.3) is 0 Å². The van der Waals surface area contributed by atoms with Crippen LogP contribution in [0.1, 0.15) is 80.1 Å². The third-order valence-electron chi connectivity index (χ3n) is 2.91. The molecule has 0 fully saturated rings. The summed E-state index contributed by atoms with van der Waals surface area (Å²) in [6.45, 7) is 15.7. The van der Waals surface area contributed by atoms with Crippen LogP contribution in [-0.4, -0.2) is 24.2 Å². The monoisotopic (exact) mass is 256 g/mol. The van der Waals surface area contributed by atoms with Crippen molar-refractivity contribution in [3.8, 4) is 0 Å². The van der Waals surface area contributed by atoms with Crippen molar-refractivity contribution in [2.75, 3.05) is 13.1 Å². The van der Waals surface area contributed by atoms with Gasteiger partial charge in [0.15, 0.2) is 0 Å². The lowest BCUT2D eigenvalue weighted by Gasteiger charge is -2.20. The highest BCUT2D eigenvalue weighted by Gasteiger charge is 2.07. The van der Waals surface area contributed by atoms with Crippen LogP contribution in [0, 0.1) is 0 Å². The predicted molar refractivity (Wildman–Crippen MR) is 83.2 cm³/mol. The molecule has 0 saturated carbocycles. The molecule has 0 aromatic carbocycles. The molecule has 0 aromatic heterocycles. The Hall–Kier alpha value is -0.0800. The second-order valence-corrected chi connectivity index (χ2v) is 7.47. The third-order valence-corrected chi connectivity index (χ3v) is 2.91. The highest BCUT2D eigenvalue weighted by atomic mass is 14.9. The fraction of sp³-hybridized carbons (Fsp3) is 1.00. The standard InChI is InChI=1S/C16H36N2/c1-15(2,3)17-13-11-9-7-8-10-12-14-18-16(4,5)6/h17-18H,7-14H2,1-6H3. The zero-order chi connectivity index (χ0) is 14.1. The van der Waals surface area contributed by atoms with Gasteiger partial charge < -0.3 is 10.6 Å². The molecule has 0 unspecified atom stereocenters. The summed E-state index contributed by atoms with van der Waals surface area (Å²) < 4.78 is 0. The van der Waals surface area contributed by atoms with Crippen molar-refractivity contribution in [2.45, 2.75) is 91.1 Å². The Morgan fingerprint density at radius 1 is 0.500 bits per heavy atom. The highest BCUT2D eigenvalue weighted by Crippen LogP contribution is 2.06. The van der Waals surface area contributed by atoms with E-state index < -0.39 is 0 Å². The molecule has 0 rings (SSSR count). The SMILES string of the molecule is CC(C)(C)NCCCCCCCCNC(C)(C)C. The minimum absolute atomic E-state index is 0.276. The molecule has 0 aliphatic heterocycles. The van der Waals surface area contributed by atoms with Crippen molar-refractivity contribution in [2.24, 2.45) is 0 Å². The number of unbranched alkanes of at least 4 members (excludes halogenated alkanes) is 5. The number of rotatable bonds is 9. The summed E-state index contributed by atoms with van der Waals surface area (Å²) in [5.74, 6) is 0. The van der Waals surface area contributed by atoms with Crippen molar-refractivity contribution in [3.63, 3.8) is 0 Å². The summed E-state index contributed by atoms with van der Waals surface area (Å²) >= 11 is 0. The molecule has 0 bridgehead atoms. The van der Waals surface area contributed by atoms with Crippen molar-refractivity contribution in [1.82, 2.24) is 10.6 Å². The van der Waals surface area contributed by atoms with Gasteiger partial charge in [-0.15, -0.1) is 0 Å². The molecule has 110 valence electrons. The predicted octanol–water partition coefficient (Wildman–Crippen LogP) is 4.10. The van der Waals surface area contributed by atoms with Gasteiger partial charge in [-0.2, -0.15) is 0 Å². The minimum atomic E-state index is 0.276. The number of hydrogen-bond acceptors (Lipinski definition) is 2. The van der Waals surface area contributed by atoms with Crippen LogP contribution < -0.4 is 10.6 Å². The van der Waals surface area contributed by atoms with Gasteiger partial charge in [-0.3, -0.25) is 0 Å². The van der Waals surface area contributed by atoms with Crippen LogP contribution in [0.4, 0.5) is 0 Å². The van der Waals surface area contributed by atoms with E-state index in [0.29, 0.717) is 0 Å². The minimum Gasteiger partial charge on any atom is -0.312 e. The molecule has 0 radical (unpaired) electrons. The van der Waals surface area contributed by atoms with E-state index in [1.165, 1.54) is 38.5 Å². The van der Waals surface area contributed by atoms with E-state index in [-0.39, 0.29) is 11.1 Å². The molecule has 0 atom stereocenters.